The summed E-state index contributed by atoms with van der Waals surface area (Å²) in [5, 5.41) is 2.49. The molecule has 0 aliphatic heterocycles. The minimum Gasteiger partial charge on any atom is -0.405 e. The Bertz CT molecular complexity index is 1230. The summed E-state index contributed by atoms with van der Waals surface area (Å²) in [5.41, 5.74) is 0. The minimum absolute atomic E-state index is 0.0557. The van der Waals surface area contributed by atoms with Crippen LogP contribution in [0.3, 0.4) is 0 Å². The molecule has 0 amide bonds. The molecule has 0 unspecified atom stereocenters. The van der Waals surface area contributed by atoms with Crippen LogP contribution >= 0.6 is 0 Å². The molecule has 12 heteroatoms. The van der Waals surface area contributed by atoms with Gasteiger partial charge in [-0.2, -0.15) is 0 Å². The molecular formula is C54H96O11Si. The van der Waals surface area contributed by atoms with Gasteiger partial charge in [-0.3, -0.25) is 0 Å². The molecule has 0 saturated heterocycles. The van der Waals surface area contributed by atoms with Gasteiger partial charge in [-0.15, -0.1) is 0 Å². The fraction of sp³-hybridized carbons (Fsp3) is 0.778. The van der Waals surface area contributed by atoms with Gasteiger partial charge in [0.25, 0.3) is 8.32 Å². The summed E-state index contributed by atoms with van der Waals surface area (Å²) in [7, 11) is -2.54. The fourth-order valence-electron chi connectivity index (χ4n) is 7.85. The van der Waals surface area contributed by atoms with Crippen LogP contribution in [0.2, 0.25) is 5.04 Å². The first kappa shape index (κ1) is 60.3. The van der Waals surface area contributed by atoms with Gasteiger partial charge in [0.05, 0.1) is 132 Å². The highest BCUT2D eigenvalue weighted by Crippen LogP contribution is 2.36. The van der Waals surface area contributed by atoms with E-state index in [-0.39, 0.29) is 5.04 Å². The van der Waals surface area contributed by atoms with Gasteiger partial charge in [-0.25, -0.2) is 0 Å². The van der Waals surface area contributed by atoms with E-state index in [1.165, 1.54) is 107 Å². The zero-order valence-corrected chi connectivity index (χ0v) is 43.4. The van der Waals surface area contributed by atoms with Gasteiger partial charge in [0.1, 0.15) is 0 Å². The molecule has 0 bridgehead atoms. The van der Waals surface area contributed by atoms with E-state index in [1.807, 2.05) is 0 Å². The Kier molecular flexibility index (Phi) is 40.6. The zero-order valence-electron chi connectivity index (χ0n) is 42.4. The molecule has 0 radical (unpaired) electrons. The Balaban J connectivity index is 1.21. The van der Waals surface area contributed by atoms with Crippen LogP contribution < -0.4 is 10.4 Å². The highest BCUT2D eigenvalue weighted by molar-refractivity contribution is 6.99. The molecule has 0 spiro atoms. The lowest BCUT2D eigenvalue weighted by Gasteiger charge is -2.43. The zero-order chi connectivity index (χ0) is 47.2. The Morgan fingerprint density at radius 2 is 0.515 bits per heavy atom. The number of hydrogen-bond donors (Lipinski definition) is 0. The molecule has 2 aromatic rings. The first-order chi connectivity index (χ1) is 32.5. The van der Waals surface area contributed by atoms with Crippen LogP contribution in [-0.4, -0.2) is 147 Å². The Morgan fingerprint density at radius 1 is 0.288 bits per heavy atom. The van der Waals surface area contributed by atoms with Gasteiger partial charge >= 0.3 is 0 Å². The van der Waals surface area contributed by atoms with E-state index in [2.05, 4.69) is 88.4 Å². The Labute approximate surface area is 404 Å². The van der Waals surface area contributed by atoms with E-state index in [1.54, 1.807) is 0 Å². The highest BCUT2D eigenvalue weighted by atomic mass is 28.4. The lowest BCUT2D eigenvalue weighted by atomic mass is 10.0. The lowest BCUT2D eigenvalue weighted by Crippen LogP contribution is -2.66. The van der Waals surface area contributed by atoms with Crippen molar-refractivity contribution in [2.24, 2.45) is 0 Å². The van der Waals surface area contributed by atoms with Crippen molar-refractivity contribution in [2.45, 2.75) is 135 Å². The number of benzene rings is 2. The van der Waals surface area contributed by atoms with Gasteiger partial charge in [-0.1, -0.05) is 185 Å². The molecule has 2 rings (SSSR count). The second-order valence-corrected chi connectivity index (χ2v) is 22.2. The van der Waals surface area contributed by atoms with E-state index < -0.39 is 8.32 Å². The third-order valence-electron chi connectivity index (χ3n) is 11.5. The van der Waals surface area contributed by atoms with E-state index in [9.17, 15) is 0 Å². The predicted molar refractivity (Wildman–Crippen MR) is 271 cm³/mol. The van der Waals surface area contributed by atoms with Crippen LogP contribution in [0.5, 0.6) is 0 Å². The second-order valence-electron chi connectivity index (χ2n) is 17.9. The molecule has 0 saturated carbocycles. The van der Waals surface area contributed by atoms with E-state index in [0.29, 0.717) is 132 Å². The van der Waals surface area contributed by atoms with Gasteiger partial charge in [0.15, 0.2) is 0 Å². The molecule has 0 fully saturated rings. The molecule has 11 nitrogen and oxygen atoms in total. The molecule has 382 valence electrons. The third kappa shape index (κ3) is 32.1. The number of hydrogen-bond acceptors (Lipinski definition) is 11. The van der Waals surface area contributed by atoms with Crippen molar-refractivity contribution in [2.75, 3.05) is 139 Å². The maximum atomic E-state index is 6.86. The quantitative estimate of drug-likeness (QED) is 0.0468. The molecule has 0 N–H and O–H groups in total. The van der Waals surface area contributed by atoms with Crippen LogP contribution in [0.25, 0.3) is 0 Å². The van der Waals surface area contributed by atoms with Gasteiger partial charge in [0, 0.05) is 6.61 Å². The van der Waals surface area contributed by atoms with Crippen LogP contribution in [0.1, 0.15) is 130 Å². The van der Waals surface area contributed by atoms with Crippen LogP contribution in [0.4, 0.5) is 0 Å². The summed E-state index contributed by atoms with van der Waals surface area (Å²) in [5.74, 6) is 0. The minimum atomic E-state index is -2.54. The average Bonchev–Trinajstić information content (AvgIpc) is 3.32. The van der Waals surface area contributed by atoms with Crippen molar-refractivity contribution in [1.29, 1.82) is 0 Å². The van der Waals surface area contributed by atoms with E-state index in [4.69, 9.17) is 51.8 Å². The normalized spacial score (nSPS) is 12.1. The molecule has 66 heavy (non-hydrogen) atoms. The number of rotatable bonds is 50. The van der Waals surface area contributed by atoms with Crippen molar-refractivity contribution in [3.63, 3.8) is 0 Å². The van der Waals surface area contributed by atoms with Crippen molar-refractivity contribution in [3.8, 4) is 0 Å². The average molecular weight is 949 g/mol. The standard InChI is InChI=1S/C54H96O11Si/c1-5-6-7-8-9-10-11-12-13-14-15-16-17-18-19-26-31-55-32-33-56-34-35-57-36-37-58-38-39-59-40-41-60-42-43-61-44-45-62-46-47-63-48-49-64-50-51-65-66(54(2,3)4,52-27-22-20-23-28-52)53-29-24-21-25-30-53/h20-25,27-30H,5-19,26,31-51H2,1-4H3. The van der Waals surface area contributed by atoms with Crippen molar-refractivity contribution in [1.82, 2.24) is 0 Å². The van der Waals surface area contributed by atoms with Gasteiger partial charge in [0.2, 0.25) is 0 Å². The number of ether oxygens (including phenoxy) is 10. The van der Waals surface area contributed by atoms with Crippen LogP contribution in [0, 0.1) is 0 Å². The van der Waals surface area contributed by atoms with E-state index >= 15 is 0 Å². The van der Waals surface area contributed by atoms with Crippen molar-refractivity contribution < 1.29 is 51.8 Å². The smallest absolute Gasteiger partial charge is 0.261 e. The fourth-order valence-corrected chi connectivity index (χ4v) is 12.4. The van der Waals surface area contributed by atoms with Crippen LogP contribution in [-0.2, 0) is 51.8 Å². The largest absolute Gasteiger partial charge is 0.405 e. The molecule has 0 aliphatic carbocycles. The molecule has 0 heterocycles. The summed E-state index contributed by atoms with van der Waals surface area (Å²) < 4.78 is 63.2. The Morgan fingerprint density at radius 3 is 0.773 bits per heavy atom. The highest BCUT2D eigenvalue weighted by Gasteiger charge is 2.50. The first-order valence-electron chi connectivity index (χ1n) is 26.0. The molecule has 0 atom stereocenters. The third-order valence-corrected chi connectivity index (χ3v) is 16.5. The molecule has 0 aliphatic rings. The van der Waals surface area contributed by atoms with Crippen molar-refractivity contribution in [3.05, 3.63) is 60.7 Å². The predicted octanol–water partition coefficient (Wildman–Crippen LogP) is 9.99. The Hall–Kier alpha value is -1.78. The maximum absolute atomic E-state index is 6.86. The molecule has 0 aromatic heterocycles. The topological polar surface area (TPSA) is 102 Å². The SMILES string of the molecule is CCCCCCCCCCCCCCCCCCOCCOCCOCCOCCOCCOCCOCCOCCOCCOCCO[Si](c1ccccc1)(c1ccccc1)C(C)(C)C. The number of unbranched alkanes of at least 4 members (excludes halogenated alkanes) is 15. The van der Waals surface area contributed by atoms with Gasteiger partial charge < -0.3 is 51.8 Å². The van der Waals surface area contributed by atoms with Gasteiger partial charge in [-0.05, 0) is 21.8 Å². The molecular weight excluding hydrogens is 853 g/mol. The summed E-state index contributed by atoms with van der Waals surface area (Å²) in [4.78, 5) is 0. The van der Waals surface area contributed by atoms with Crippen molar-refractivity contribution >= 4 is 18.7 Å². The maximum Gasteiger partial charge on any atom is 0.261 e. The first-order valence-corrected chi connectivity index (χ1v) is 28.0. The summed E-state index contributed by atoms with van der Waals surface area (Å²) in [6, 6.07) is 21.3. The summed E-state index contributed by atoms with van der Waals surface area (Å²) >= 11 is 0. The van der Waals surface area contributed by atoms with Crippen LogP contribution in [0.15, 0.2) is 60.7 Å². The monoisotopic (exact) mass is 949 g/mol. The molecule has 2 aromatic carbocycles. The summed E-state index contributed by atoms with van der Waals surface area (Å²) in [6.07, 6.45) is 22.2. The van der Waals surface area contributed by atoms with E-state index in [0.717, 1.165) is 13.0 Å². The second kappa shape index (κ2) is 44.4. The lowest BCUT2D eigenvalue weighted by molar-refractivity contribution is -0.0267. The summed E-state index contributed by atoms with van der Waals surface area (Å²) in [6.45, 7) is 20.6.